The molecule has 0 saturated heterocycles. The minimum Gasteiger partial charge on any atom is -0.393 e. The Morgan fingerprint density at radius 3 is 2.44 bits per heavy atom. The van der Waals surface area contributed by atoms with Gasteiger partial charge in [-0.05, 0) is 42.4 Å². The van der Waals surface area contributed by atoms with Crippen molar-refractivity contribution in [2.45, 2.75) is 60.0 Å². The first-order chi connectivity index (χ1) is 8.36. The molecule has 1 fully saturated rings. The quantitative estimate of drug-likeness (QED) is 0.771. The number of hydrogen-bond donors (Lipinski definition) is 1. The highest BCUT2D eigenvalue weighted by Gasteiger charge is 2.45. The summed E-state index contributed by atoms with van der Waals surface area (Å²) in [5.41, 5.74) is 3.36. The lowest BCUT2D eigenvalue weighted by molar-refractivity contribution is 0.0748. The van der Waals surface area contributed by atoms with Crippen molar-refractivity contribution < 1.29 is 5.11 Å². The maximum atomic E-state index is 9.90. The number of fused-ring (bicyclic) bond motifs is 1. The molecule has 1 N–H and O–H groups in total. The van der Waals surface area contributed by atoms with Crippen molar-refractivity contribution in [3.63, 3.8) is 0 Å². The van der Waals surface area contributed by atoms with Crippen LogP contribution in [0.15, 0.2) is 23.3 Å². The van der Waals surface area contributed by atoms with E-state index in [1.165, 1.54) is 5.57 Å². The Bertz CT molecular complexity index is 375. The third kappa shape index (κ3) is 2.18. The first-order valence-electron chi connectivity index (χ1n) is 7.45. The molecule has 3 atom stereocenters. The molecule has 0 heterocycles. The van der Waals surface area contributed by atoms with Gasteiger partial charge in [0.05, 0.1) is 6.10 Å². The standard InChI is InChI=1S/C17H28O/c1-11(2)15-7-6-13-10-14(18)8-9-17(13,5)16(15)12(3)4/h6-7,11-12,14,16,18H,8-10H2,1-5H3/t14-,16?,17?/m0/s1. The van der Waals surface area contributed by atoms with E-state index in [0.717, 1.165) is 19.3 Å². The zero-order chi connectivity index (χ0) is 13.5. The first kappa shape index (κ1) is 13.9. The van der Waals surface area contributed by atoms with Crippen LogP contribution in [0.3, 0.4) is 0 Å². The highest BCUT2D eigenvalue weighted by atomic mass is 16.3. The third-order valence-electron chi connectivity index (χ3n) is 5.04. The van der Waals surface area contributed by atoms with Crippen LogP contribution in [-0.4, -0.2) is 11.2 Å². The predicted molar refractivity (Wildman–Crippen MR) is 77.3 cm³/mol. The fraction of sp³-hybridized carbons (Fsp3) is 0.765. The monoisotopic (exact) mass is 248 g/mol. The SMILES string of the molecule is CC(C)C1=CC=C2C[C@@H](O)CCC2(C)C1C(C)C. The zero-order valence-electron chi connectivity index (χ0n) is 12.5. The van der Waals surface area contributed by atoms with Crippen LogP contribution in [0, 0.1) is 23.2 Å². The third-order valence-corrected chi connectivity index (χ3v) is 5.04. The van der Waals surface area contributed by atoms with Gasteiger partial charge in [0.1, 0.15) is 0 Å². The van der Waals surface area contributed by atoms with Crippen LogP contribution in [0.2, 0.25) is 0 Å². The number of aliphatic hydroxyl groups excluding tert-OH is 1. The van der Waals surface area contributed by atoms with Gasteiger partial charge in [-0.15, -0.1) is 0 Å². The highest BCUT2D eigenvalue weighted by molar-refractivity contribution is 5.36. The van der Waals surface area contributed by atoms with Gasteiger partial charge in [0.15, 0.2) is 0 Å². The summed E-state index contributed by atoms with van der Waals surface area (Å²) in [5, 5.41) is 9.90. The van der Waals surface area contributed by atoms with Crippen molar-refractivity contribution in [1.82, 2.24) is 0 Å². The summed E-state index contributed by atoms with van der Waals surface area (Å²) >= 11 is 0. The largest absolute Gasteiger partial charge is 0.393 e. The van der Waals surface area contributed by atoms with Crippen LogP contribution in [0.1, 0.15) is 53.9 Å². The van der Waals surface area contributed by atoms with Gasteiger partial charge in [-0.25, -0.2) is 0 Å². The second kappa shape index (κ2) is 4.85. The molecule has 0 amide bonds. The van der Waals surface area contributed by atoms with Crippen molar-refractivity contribution in [2.75, 3.05) is 0 Å². The molecule has 1 nitrogen and oxygen atoms in total. The Labute approximate surface area is 112 Å². The molecule has 0 spiro atoms. The second-order valence-corrected chi connectivity index (χ2v) is 7.05. The Morgan fingerprint density at radius 2 is 1.89 bits per heavy atom. The van der Waals surface area contributed by atoms with E-state index < -0.39 is 0 Å². The summed E-state index contributed by atoms with van der Waals surface area (Å²) in [6.45, 7) is 11.7. The van der Waals surface area contributed by atoms with Crippen molar-refractivity contribution in [3.05, 3.63) is 23.3 Å². The lowest BCUT2D eigenvalue weighted by Gasteiger charge is -2.50. The second-order valence-electron chi connectivity index (χ2n) is 7.05. The van der Waals surface area contributed by atoms with E-state index in [1.54, 1.807) is 5.57 Å². The number of aliphatic hydroxyl groups is 1. The Balaban J connectivity index is 2.42. The molecular formula is C17H28O. The minimum atomic E-state index is -0.119. The topological polar surface area (TPSA) is 20.2 Å². The Kier molecular flexibility index (Phi) is 3.73. The van der Waals surface area contributed by atoms with Crippen molar-refractivity contribution >= 4 is 0 Å². The molecule has 0 aromatic rings. The molecule has 1 heteroatoms. The van der Waals surface area contributed by atoms with Crippen LogP contribution in [-0.2, 0) is 0 Å². The predicted octanol–water partition coefficient (Wildman–Crippen LogP) is 4.33. The van der Waals surface area contributed by atoms with Crippen molar-refractivity contribution in [1.29, 1.82) is 0 Å². The van der Waals surface area contributed by atoms with E-state index in [9.17, 15) is 5.11 Å². The molecule has 102 valence electrons. The molecule has 2 unspecified atom stereocenters. The van der Waals surface area contributed by atoms with Crippen LogP contribution in [0.25, 0.3) is 0 Å². The number of hydrogen-bond acceptors (Lipinski definition) is 1. The normalized spacial score (nSPS) is 36.4. The molecule has 1 saturated carbocycles. The van der Waals surface area contributed by atoms with Crippen molar-refractivity contribution in [3.8, 4) is 0 Å². The molecule has 0 bridgehead atoms. The fourth-order valence-electron chi connectivity index (χ4n) is 4.17. The number of rotatable bonds is 2. The molecule has 2 rings (SSSR count). The smallest absolute Gasteiger partial charge is 0.0578 e. The van der Waals surface area contributed by atoms with Gasteiger partial charge in [0.2, 0.25) is 0 Å². The Hall–Kier alpha value is -0.560. The van der Waals surface area contributed by atoms with Gasteiger partial charge < -0.3 is 5.11 Å². The van der Waals surface area contributed by atoms with Crippen LogP contribution >= 0.6 is 0 Å². The van der Waals surface area contributed by atoms with Crippen LogP contribution < -0.4 is 0 Å². The van der Waals surface area contributed by atoms with Gasteiger partial charge in [0, 0.05) is 0 Å². The average Bonchev–Trinajstić information content (AvgIpc) is 2.27. The minimum absolute atomic E-state index is 0.119. The van der Waals surface area contributed by atoms with Gasteiger partial charge in [0.25, 0.3) is 0 Å². The molecule has 18 heavy (non-hydrogen) atoms. The maximum absolute atomic E-state index is 9.90. The zero-order valence-corrected chi connectivity index (χ0v) is 12.5. The van der Waals surface area contributed by atoms with Crippen molar-refractivity contribution in [2.24, 2.45) is 23.2 Å². The molecular weight excluding hydrogens is 220 g/mol. The Morgan fingerprint density at radius 1 is 1.22 bits per heavy atom. The fourth-order valence-corrected chi connectivity index (χ4v) is 4.17. The van der Waals surface area contributed by atoms with E-state index in [2.05, 4.69) is 46.8 Å². The molecule has 0 aromatic heterocycles. The first-order valence-corrected chi connectivity index (χ1v) is 7.45. The van der Waals surface area contributed by atoms with Gasteiger partial charge in [-0.1, -0.05) is 57.9 Å². The van der Waals surface area contributed by atoms with E-state index in [-0.39, 0.29) is 11.5 Å². The summed E-state index contributed by atoms with van der Waals surface area (Å²) in [4.78, 5) is 0. The van der Waals surface area contributed by atoms with Crippen LogP contribution in [0.5, 0.6) is 0 Å². The van der Waals surface area contributed by atoms with E-state index >= 15 is 0 Å². The lowest BCUT2D eigenvalue weighted by Crippen LogP contribution is -2.41. The maximum Gasteiger partial charge on any atom is 0.0578 e. The van der Waals surface area contributed by atoms with Gasteiger partial charge in [-0.2, -0.15) is 0 Å². The average molecular weight is 248 g/mol. The summed E-state index contributed by atoms with van der Waals surface area (Å²) < 4.78 is 0. The highest BCUT2D eigenvalue weighted by Crippen LogP contribution is 2.54. The van der Waals surface area contributed by atoms with E-state index in [1.807, 2.05) is 0 Å². The van der Waals surface area contributed by atoms with Gasteiger partial charge >= 0.3 is 0 Å². The summed E-state index contributed by atoms with van der Waals surface area (Å²) in [6, 6.07) is 0. The van der Waals surface area contributed by atoms with E-state index in [4.69, 9.17) is 0 Å². The summed E-state index contributed by atoms with van der Waals surface area (Å²) in [5.74, 6) is 1.94. The lowest BCUT2D eigenvalue weighted by atomic mass is 9.55. The van der Waals surface area contributed by atoms with E-state index in [0.29, 0.717) is 17.8 Å². The molecule has 2 aliphatic rings. The summed E-state index contributed by atoms with van der Waals surface area (Å²) in [7, 11) is 0. The van der Waals surface area contributed by atoms with Crippen LogP contribution in [0.4, 0.5) is 0 Å². The van der Waals surface area contributed by atoms with Gasteiger partial charge in [-0.3, -0.25) is 0 Å². The summed E-state index contributed by atoms with van der Waals surface area (Å²) in [6.07, 6.45) is 7.49. The molecule has 0 aliphatic heterocycles. The molecule has 0 aromatic carbocycles. The molecule has 2 aliphatic carbocycles. The number of allylic oxidation sites excluding steroid dienone is 3. The molecule has 0 radical (unpaired) electrons.